The highest BCUT2D eigenvalue weighted by Crippen LogP contribution is 2.20. The van der Waals surface area contributed by atoms with Crippen molar-refractivity contribution in [2.75, 3.05) is 0 Å². The molecule has 1 saturated carbocycles. The monoisotopic (exact) mass is 196 g/mol. The van der Waals surface area contributed by atoms with Crippen LogP contribution in [0.2, 0.25) is 0 Å². The van der Waals surface area contributed by atoms with Crippen LogP contribution >= 0.6 is 0 Å². The van der Waals surface area contributed by atoms with Gasteiger partial charge in [0.2, 0.25) is 0 Å². The second kappa shape index (κ2) is 6.63. The second-order valence-corrected chi connectivity index (χ2v) is 3.83. The highest BCUT2D eigenvalue weighted by molar-refractivity contribution is 5.71. The minimum absolute atomic E-state index is 0.0680. The molecular formula is C12H20O2. The molecule has 0 unspecified atom stereocenters. The Morgan fingerprint density at radius 1 is 1.29 bits per heavy atom. The summed E-state index contributed by atoms with van der Waals surface area (Å²) in [5, 5.41) is 0. The fourth-order valence-corrected chi connectivity index (χ4v) is 1.76. The lowest BCUT2D eigenvalue weighted by Crippen LogP contribution is -2.20. The predicted octanol–water partition coefficient (Wildman–Crippen LogP) is 3.22. The van der Waals surface area contributed by atoms with E-state index in [9.17, 15) is 4.79 Å². The molecule has 80 valence electrons. The summed E-state index contributed by atoms with van der Waals surface area (Å²) in [6, 6.07) is 0. The molecule has 1 fully saturated rings. The quantitative estimate of drug-likeness (QED) is 0.509. The fraction of sp³-hybridized carbons (Fsp3) is 0.750. The number of ether oxygens (including phenoxy) is 1. The van der Waals surface area contributed by atoms with Gasteiger partial charge in [-0.25, -0.2) is 0 Å². The standard InChI is InChI=1S/C12H20O2/c1-2-3-5-10-12(13)14-11-8-6-4-7-9-11/h3,5,11H,2,4,6-10H2,1H3/b5-3+. The van der Waals surface area contributed by atoms with Crippen LogP contribution < -0.4 is 0 Å². The second-order valence-electron chi connectivity index (χ2n) is 3.83. The molecule has 14 heavy (non-hydrogen) atoms. The van der Waals surface area contributed by atoms with E-state index in [0.29, 0.717) is 6.42 Å². The van der Waals surface area contributed by atoms with Gasteiger partial charge in [0.25, 0.3) is 0 Å². The first-order valence-corrected chi connectivity index (χ1v) is 5.67. The van der Waals surface area contributed by atoms with Gasteiger partial charge in [0.1, 0.15) is 6.10 Å². The first-order chi connectivity index (χ1) is 6.83. The molecule has 0 spiro atoms. The molecule has 0 aromatic rings. The molecule has 0 heterocycles. The largest absolute Gasteiger partial charge is 0.462 e. The first kappa shape index (κ1) is 11.3. The van der Waals surface area contributed by atoms with Gasteiger partial charge < -0.3 is 4.74 Å². The van der Waals surface area contributed by atoms with Crippen molar-refractivity contribution in [1.29, 1.82) is 0 Å². The van der Waals surface area contributed by atoms with Crippen LogP contribution in [0.5, 0.6) is 0 Å². The summed E-state index contributed by atoms with van der Waals surface area (Å²) < 4.78 is 5.35. The van der Waals surface area contributed by atoms with Crippen LogP contribution in [0.3, 0.4) is 0 Å². The molecule has 0 aliphatic heterocycles. The van der Waals surface area contributed by atoms with Gasteiger partial charge in [-0.2, -0.15) is 0 Å². The first-order valence-electron chi connectivity index (χ1n) is 5.67. The lowest BCUT2D eigenvalue weighted by atomic mass is 9.98. The summed E-state index contributed by atoms with van der Waals surface area (Å²) >= 11 is 0. The van der Waals surface area contributed by atoms with Crippen LogP contribution in [-0.4, -0.2) is 12.1 Å². The van der Waals surface area contributed by atoms with Crippen molar-refractivity contribution in [3.8, 4) is 0 Å². The van der Waals surface area contributed by atoms with Gasteiger partial charge in [-0.1, -0.05) is 25.5 Å². The smallest absolute Gasteiger partial charge is 0.309 e. The average molecular weight is 196 g/mol. The number of carbonyl (C=O) groups is 1. The van der Waals surface area contributed by atoms with Crippen molar-refractivity contribution in [3.63, 3.8) is 0 Å². The summed E-state index contributed by atoms with van der Waals surface area (Å²) in [6.07, 6.45) is 11.3. The number of esters is 1. The van der Waals surface area contributed by atoms with Gasteiger partial charge in [0, 0.05) is 0 Å². The van der Waals surface area contributed by atoms with Crippen LogP contribution in [-0.2, 0) is 9.53 Å². The molecule has 0 amide bonds. The highest BCUT2D eigenvalue weighted by Gasteiger charge is 2.16. The molecule has 0 bridgehead atoms. The topological polar surface area (TPSA) is 26.3 Å². The van der Waals surface area contributed by atoms with E-state index in [-0.39, 0.29) is 12.1 Å². The number of hydrogen-bond donors (Lipinski definition) is 0. The van der Waals surface area contributed by atoms with E-state index in [1.807, 2.05) is 12.2 Å². The minimum atomic E-state index is -0.0680. The number of carbonyl (C=O) groups excluding carboxylic acids is 1. The van der Waals surface area contributed by atoms with E-state index in [0.717, 1.165) is 19.3 Å². The molecule has 1 aliphatic carbocycles. The van der Waals surface area contributed by atoms with Crippen LogP contribution in [0.4, 0.5) is 0 Å². The lowest BCUT2D eigenvalue weighted by molar-refractivity contribution is -0.149. The number of hydrogen-bond acceptors (Lipinski definition) is 2. The third kappa shape index (κ3) is 4.45. The molecule has 0 aromatic carbocycles. The van der Waals surface area contributed by atoms with Crippen molar-refractivity contribution in [1.82, 2.24) is 0 Å². The molecule has 1 aliphatic rings. The van der Waals surface area contributed by atoms with E-state index in [1.165, 1.54) is 19.3 Å². The zero-order chi connectivity index (χ0) is 10.2. The Morgan fingerprint density at radius 2 is 2.00 bits per heavy atom. The van der Waals surface area contributed by atoms with E-state index in [2.05, 4.69) is 6.92 Å². The zero-order valence-corrected chi connectivity index (χ0v) is 9.00. The number of rotatable bonds is 4. The van der Waals surface area contributed by atoms with Crippen molar-refractivity contribution in [2.45, 2.75) is 58.0 Å². The maximum absolute atomic E-state index is 11.3. The molecular weight excluding hydrogens is 176 g/mol. The normalized spacial score (nSPS) is 18.6. The van der Waals surface area contributed by atoms with E-state index < -0.39 is 0 Å². The maximum atomic E-state index is 11.3. The Morgan fingerprint density at radius 3 is 2.64 bits per heavy atom. The van der Waals surface area contributed by atoms with Crippen LogP contribution in [0.25, 0.3) is 0 Å². The van der Waals surface area contributed by atoms with Crippen molar-refractivity contribution < 1.29 is 9.53 Å². The van der Waals surface area contributed by atoms with Gasteiger partial charge in [0.15, 0.2) is 0 Å². The van der Waals surface area contributed by atoms with E-state index in [1.54, 1.807) is 0 Å². The highest BCUT2D eigenvalue weighted by atomic mass is 16.5. The molecule has 0 N–H and O–H groups in total. The van der Waals surface area contributed by atoms with Crippen molar-refractivity contribution in [2.24, 2.45) is 0 Å². The molecule has 2 heteroatoms. The molecule has 0 atom stereocenters. The SMILES string of the molecule is CC/C=C/CC(=O)OC1CCCCC1. The summed E-state index contributed by atoms with van der Waals surface area (Å²) in [7, 11) is 0. The fourth-order valence-electron chi connectivity index (χ4n) is 1.76. The van der Waals surface area contributed by atoms with Crippen LogP contribution in [0.1, 0.15) is 51.9 Å². The third-order valence-corrected chi connectivity index (χ3v) is 2.54. The molecule has 0 radical (unpaired) electrons. The summed E-state index contributed by atoms with van der Waals surface area (Å²) in [4.78, 5) is 11.3. The predicted molar refractivity (Wildman–Crippen MR) is 57.0 cm³/mol. The van der Waals surface area contributed by atoms with E-state index >= 15 is 0 Å². The van der Waals surface area contributed by atoms with Gasteiger partial charge in [-0.05, 0) is 32.1 Å². The van der Waals surface area contributed by atoms with Crippen molar-refractivity contribution >= 4 is 5.97 Å². The van der Waals surface area contributed by atoms with Gasteiger partial charge >= 0.3 is 5.97 Å². The summed E-state index contributed by atoms with van der Waals surface area (Å²) in [6.45, 7) is 2.06. The van der Waals surface area contributed by atoms with Gasteiger partial charge in [-0.15, -0.1) is 0 Å². The summed E-state index contributed by atoms with van der Waals surface area (Å²) in [5.74, 6) is -0.0680. The molecule has 0 aromatic heterocycles. The maximum Gasteiger partial charge on any atom is 0.309 e. The Bertz CT molecular complexity index is 190. The van der Waals surface area contributed by atoms with Crippen LogP contribution in [0.15, 0.2) is 12.2 Å². The van der Waals surface area contributed by atoms with E-state index in [4.69, 9.17) is 4.74 Å². The van der Waals surface area contributed by atoms with Crippen LogP contribution in [0, 0.1) is 0 Å². The minimum Gasteiger partial charge on any atom is -0.462 e. The van der Waals surface area contributed by atoms with Crippen molar-refractivity contribution in [3.05, 3.63) is 12.2 Å². The Hall–Kier alpha value is -0.790. The van der Waals surface area contributed by atoms with Gasteiger partial charge in [-0.3, -0.25) is 4.79 Å². The molecule has 1 rings (SSSR count). The third-order valence-electron chi connectivity index (χ3n) is 2.54. The number of allylic oxidation sites excluding steroid dienone is 1. The Balaban J connectivity index is 2.15. The Kier molecular flexibility index (Phi) is 5.35. The lowest BCUT2D eigenvalue weighted by Gasteiger charge is -2.21. The molecule has 0 saturated heterocycles. The molecule has 2 nitrogen and oxygen atoms in total. The summed E-state index contributed by atoms with van der Waals surface area (Å²) in [5.41, 5.74) is 0. The average Bonchev–Trinajstić information content (AvgIpc) is 2.20. The zero-order valence-electron chi connectivity index (χ0n) is 9.00. The Labute approximate surface area is 86.3 Å². The van der Waals surface area contributed by atoms with Gasteiger partial charge in [0.05, 0.1) is 6.42 Å².